The standard InChI is InChI=1S/C30H22ClF2N3O4S/c1-2-14-41(39,40)36(30(38)19-6-4-3-5-7-19)25-13-12-24(32)26(27(25)33)28(37)23-17-35-29-22(23)15-20(16-34-29)18-8-10-21(31)11-9-18/h3-13,15-17H,2,14H2,1H3,(H,34,35). The summed E-state index contributed by atoms with van der Waals surface area (Å²) in [6.45, 7) is 1.59. The topological polar surface area (TPSA) is 100 Å². The molecule has 0 spiro atoms. The zero-order chi connectivity index (χ0) is 29.3. The number of ketones is 1. The largest absolute Gasteiger partial charge is 0.345 e. The van der Waals surface area contributed by atoms with E-state index in [0.29, 0.717) is 25.9 Å². The fourth-order valence-electron chi connectivity index (χ4n) is 4.47. The average molecular weight is 594 g/mol. The van der Waals surface area contributed by atoms with Gasteiger partial charge in [-0.3, -0.25) is 9.59 Å². The van der Waals surface area contributed by atoms with Crippen molar-refractivity contribution < 1.29 is 26.8 Å². The molecule has 1 N–H and O–H groups in total. The van der Waals surface area contributed by atoms with Gasteiger partial charge < -0.3 is 4.98 Å². The molecule has 41 heavy (non-hydrogen) atoms. The second-order valence-corrected chi connectivity index (χ2v) is 11.5. The molecular formula is C30H22ClF2N3O4S. The number of halogens is 3. The number of H-pyrrole nitrogens is 1. The Morgan fingerprint density at radius 2 is 1.68 bits per heavy atom. The molecule has 0 radical (unpaired) electrons. The van der Waals surface area contributed by atoms with Gasteiger partial charge >= 0.3 is 0 Å². The first kappa shape index (κ1) is 28.1. The van der Waals surface area contributed by atoms with E-state index in [4.69, 9.17) is 11.6 Å². The Bertz CT molecular complexity index is 1890. The predicted octanol–water partition coefficient (Wildman–Crippen LogP) is 6.78. The zero-order valence-corrected chi connectivity index (χ0v) is 23.1. The summed E-state index contributed by atoms with van der Waals surface area (Å²) in [6, 6.07) is 17.6. The number of hydrogen-bond acceptors (Lipinski definition) is 5. The summed E-state index contributed by atoms with van der Waals surface area (Å²) in [7, 11) is -4.39. The van der Waals surface area contributed by atoms with Crippen molar-refractivity contribution in [2.45, 2.75) is 13.3 Å². The highest BCUT2D eigenvalue weighted by molar-refractivity contribution is 7.93. The van der Waals surface area contributed by atoms with E-state index >= 15 is 8.78 Å². The Morgan fingerprint density at radius 3 is 2.37 bits per heavy atom. The molecule has 5 rings (SSSR count). The van der Waals surface area contributed by atoms with E-state index in [9.17, 15) is 18.0 Å². The first-order valence-electron chi connectivity index (χ1n) is 12.5. The molecule has 11 heteroatoms. The van der Waals surface area contributed by atoms with Gasteiger partial charge in [-0.2, -0.15) is 4.31 Å². The van der Waals surface area contributed by atoms with Gasteiger partial charge in [0.1, 0.15) is 11.5 Å². The van der Waals surface area contributed by atoms with Crippen LogP contribution in [-0.2, 0) is 10.0 Å². The van der Waals surface area contributed by atoms with Crippen LogP contribution in [0, 0.1) is 11.6 Å². The van der Waals surface area contributed by atoms with Gasteiger partial charge in [-0.1, -0.05) is 48.9 Å². The normalized spacial score (nSPS) is 11.5. The van der Waals surface area contributed by atoms with Crippen molar-refractivity contribution in [2.24, 2.45) is 0 Å². The van der Waals surface area contributed by atoms with Gasteiger partial charge in [0.05, 0.1) is 17.0 Å². The Hall–Kier alpha value is -4.41. The lowest BCUT2D eigenvalue weighted by molar-refractivity contribution is 0.0999. The molecule has 0 fully saturated rings. The lowest BCUT2D eigenvalue weighted by atomic mass is 9.99. The molecule has 0 aliphatic carbocycles. The monoisotopic (exact) mass is 593 g/mol. The number of anilines is 1. The SMILES string of the molecule is CCCS(=O)(=O)N(C(=O)c1ccccc1)c1ccc(F)c(C(=O)c2c[nH]c3ncc(-c4ccc(Cl)cc4)cc23)c1F. The van der Waals surface area contributed by atoms with Crippen LogP contribution in [0.15, 0.2) is 85.2 Å². The molecule has 0 unspecified atom stereocenters. The van der Waals surface area contributed by atoms with Crippen molar-refractivity contribution in [1.82, 2.24) is 9.97 Å². The maximum absolute atomic E-state index is 16.1. The number of aromatic nitrogens is 2. The third-order valence-corrected chi connectivity index (χ3v) is 8.51. The predicted molar refractivity (Wildman–Crippen MR) is 154 cm³/mol. The van der Waals surface area contributed by atoms with Crippen LogP contribution < -0.4 is 4.31 Å². The Labute approximate surface area is 239 Å². The smallest absolute Gasteiger partial charge is 0.272 e. The summed E-state index contributed by atoms with van der Waals surface area (Å²) in [6.07, 6.45) is 2.98. The first-order valence-corrected chi connectivity index (χ1v) is 14.5. The number of hydrogen-bond donors (Lipinski definition) is 1. The van der Waals surface area contributed by atoms with Crippen LogP contribution in [-0.4, -0.2) is 35.8 Å². The minimum absolute atomic E-state index is 0.0267. The molecule has 0 aliphatic heterocycles. The van der Waals surface area contributed by atoms with Crippen molar-refractivity contribution in [1.29, 1.82) is 0 Å². The van der Waals surface area contributed by atoms with E-state index in [-0.39, 0.29) is 17.5 Å². The number of fused-ring (bicyclic) bond motifs is 1. The summed E-state index contributed by atoms with van der Waals surface area (Å²) in [4.78, 5) is 34.2. The van der Waals surface area contributed by atoms with E-state index in [0.717, 1.165) is 17.7 Å². The number of benzene rings is 3. The maximum Gasteiger partial charge on any atom is 0.272 e. The Morgan fingerprint density at radius 1 is 0.976 bits per heavy atom. The van der Waals surface area contributed by atoms with Crippen LogP contribution in [0.25, 0.3) is 22.2 Å². The van der Waals surface area contributed by atoms with Crippen LogP contribution in [0.5, 0.6) is 0 Å². The number of carbonyl (C=O) groups is 2. The highest BCUT2D eigenvalue weighted by Crippen LogP contribution is 2.32. The number of aromatic amines is 1. The number of nitrogens with one attached hydrogen (secondary N) is 1. The fourth-order valence-corrected chi connectivity index (χ4v) is 6.09. The fraction of sp³-hybridized carbons (Fsp3) is 0.100. The molecule has 2 aromatic heterocycles. The number of rotatable bonds is 8. The number of sulfonamides is 1. The summed E-state index contributed by atoms with van der Waals surface area (Å²) in [5, 5.41) is 0.828. The van der Waals surface area contributed by atoms with Crippen molar-refractivity contribution in [3.05, 3.63) is 119 Å². The number of pyridine rings is 1. The molecule has 0 saturated heterocycles. The van der Waals surface area contributed by atoms with Crippen molar-refractivity contribution in [3.8, 4) is 11.1 Å². The summed E-state index contributed by atoms with van der Waals surface area (Å²) in [5.74, 6) is -5.26. The van der Waals surface area contributed by atoms with E-state index < -0.39 is 50.4 Å². The van der Waals surface area contributed by atoms with Crippen LogP contribution in [0.4, 0.5) is 14.5 Å². The lowest BCUT2D eigenvalue weighted by Gasteiger charge is -2.24. The summed E-state index contributed by atoms with van der Waals surface area (Å²) in [5.41, 5.74) is -0.192. The van der Waals surface area contributed by atoms with Gasteiger partial charge in [0.2, 0.25) is 15.8 Å². The first-order chi connectivity index (χ1) is 19.6. The van der Waals surface area contributed by atoms with Gasteiger partial charge in [-0.05, 0) is 54.4 Å². The van der Waals surface area contributed by atoms with Crippen LogP contribution in [0.1, 0.15) is 39.6 Å². The van der Waals surface area contributed by atoms with E-state index in [2.05, 4.69) is 9.97 Å². The van der Waals surface area contributed by atoms with Gasteiger partial charge in [0.25, 0.3) is 5.91 Å². The quantitative estimate of drug-likeness (QED) is 0.200. The van der Waals surface area contributed by atoms with Gasteiger partial charge in [-0.25, -0.2) is 22.2 Å². The van der Waals surface area contributed by atoms with Crippen molar-refractivity contribution in [2.75, 3.05) is 10.1 Å². The van der Waals surface area contributed by atoms with Crippen LogP contribution in [0.3, 0.4) is 0 Å². The third kappa shape index (κ3) is 5.36. The van der Waals surface area contributed by atoms with Crippen LogP contribution in [0.2, 0.25) is 5.02 Å². The average Bonchev–Trinajstić information content (AvgIpc) is 3.38. The van der Waals surface area contributed by atoms with E-state index in [1.807, 2.05) is 0 Å². The van der Waals surface area contributed by atoms with E-state index in [1.54, 1.807) is 49.5 Å². The molecule has 7 nitrogen and oxygen atoms in total. The lowest BCUT2D eigenvalue weighted by Crippen LogP contribution is -2.39. The maximum atomic E-state index is 16.1. The highest BCUT2D eigenvalue weighted by atomic mass is 35.5. The molecule has 0 saturated carbocycles. The molecule has 5 aromatic rings. The molecule has 0 aliphatic rings. The number of amides is 1. The van der Waals surface area contributed by atoms with Crippen LogP contribution >= 0.6 is 11.6 Å². The molecule has 208 valence electrons. The van der Waals surface area contributed by atoms with Gasteiger partial charge in [0.15, 0.2) is 5.82 Å². The third-order valence-electron chi connectivity index (χ3n) is 6.42. The molecule has 0 bridgehead atoms. The molecule has 2 heterocycles. The molecule has 3 aromatic carbocycles. The van der Waals surface area contributed by atoms with Gasteiger partial charge in [0, 0.05) is 39.5 Å². The highest BCUT2D eigenvalue weighted by Gasteiger charge is 2.35. The molecule has 1 amide bonds. The van der Waals surface area contributed by atoms with Gasteiger partial charge in [-0.15, -0.1) is 0 Å². The summed E-state index contributed by atoms with van der Waals surface area (Å²) >= 11 is 5.98. The Kier molecular flexibility index (Phi) is 7.70. The molecule has 0 atom stereocenters. The zero-order valence-electron chi connectivity index (χ0n) is 21.6. The minimum Gasteiger partial charge on any atom is -0.345 e. The second kappa shape index (κ2) is 11.2. The van der Waals surface area contributed by atoms with Crippen molar-refractivity contribution >= 4 is 50.0 Å². The molecular weight excluding hydrogens is 572 g/mol. The van der Waals surface area contributed by atoms with E-state index in [1.165, 1.54) is 30.5 Å². The van der Waals surface area contributed by atoms with Crippen molar-refractivity contribution in [3.63, 3.8) is 0 Å². The Balaban J connectivity index is 1.64. The summed E-state index contributed by atoms with van der Waals surface area (Å²) < 4.78 is 57.9. The number of carbonyl (C=O) groups excluding carboxylic acids is 2. The minimum atomic E-state index is -4.39. The number of nitrogens with zero attached hydrogens (tertiary/aromatic N) is 2. The second-order valence-electron chi connectivity index (χ2n) is 9.17.